The molecular weight excluding hydrogens is 176 g/mol. The normalized spacial score (nSPS) is 33.8. The van der Waals surface area contributed by atoms with Crippen LogP contribution in [0.25, 0.3) is 0 Å². The van der Waals surface area contributed by atoms with Crippen molar-refractivity contribution in [3.63, 3.8) is 0 Å². The Morgan fingerprint density at radius 2 is 2.21 bits per heavy atom. The monoisotopic (exact) mass is 196 g/mol. The Labute approximate surface area is 85.8 Å². The minimum Gasteiger partial charge on any atom is -0.340 e. The molecular formula is C11H20N2O. The van der Waals surface area contributed by atoms with Gasteiger partial charge in [-0.15, -0.1) is 0 Å². The molecule has 0 spiro atoms. The van der Waals surface area contributed by atoms with E-state index in [0.29, 0.717) is 18.0 Å². The highest BCUT2D eigenvalue weighted by Gasteiger charge is 2.31. The van der Waals surface area contributed by atoms with Gasteiger partial charge >= 0.3 is 0 Å². The summed E-state index contributed by atoms with van der Waals surface area (Å²) in [4.78, 5) is 13.7. The third kappa shape index (κ3) is 1.92. The Morgan fingerprint density at radius 3 is 2.86 bits per heavy atom. The van der Waals surface area contributed by atoms with Crippen LogP contribution in [0.3, 0.4) is 0 Å². The number of amides is 1. The lowest BCUT2D eigenvalue weighted by atomic mass is 9.90. The average molecular weight is 196 g/mol. The lowest BCUT2D eigenvalue weighted by molar-refractivity contribution is -0.130. The summed E-state index contributed by atoms with van der Waals surface area (Å²) in [6.45, 7) is 1.000. The number of nitrogens with zero attached hydrogens (tertiary/aromatic N) is 1. The van der Waals surface area contributed by atoms with Crippen LogP contribution in [0.5, 0.6) is 0 Å². The van der Waals surface area contributed by atoms with E-state index in [2.05, 4.69) is 10.2 Å². The number of rotatable bonds is 2. The molecule has 2 fully saturated rings. The molecule has 2 atom stereocenters. The fraction of sp³-hybridized carbons (Fsp3) is 0.909. The van der Waals surface area contributed by atoms with Gasteiger partial charge in [-0.25, -0.2) is 0 Å². The molecule has 0 aromatic carbocycles. The van der Waals surface area contributed by atoms with Gasteiger partial charge in [0.1, 0.15) is 0 Å². The van der Waals surface area contributed by atoms with Gasteiger partial charge in [-0.1, -0.05) is 0 Å². The van der Waals surface area contributed by atoms with Gasteiger partial charge in [-0.2, -0.15) is 0 Å². The summed E-state index contributed by atoms with van der Waals surface area (Å²) in [6.07, 6.45) is 6.75. The van der Waals surface area contributed by atoms with Gasteiger partial charge in [0.05, 0.1) is 0 Å². The zero-order valence-electron chi connectivity index (χ0n) is 8.96. The summed E-state index contributed by atoms with van der Waals surface area (Å²) in [5.41, 5.74) is 0. The Morgan fingerprint density at radius 1 is 1.36 bits per heavy atom. The number of likely N-dealkylation sites (tertiary alicyclic amines) is 1. The standard InChI is InChI=1S/C11H20N2O/c1-12-9-4-2-5-10(8-9)13-7-3-6-11(13)14/h9-10,12H,2-8H2,1H3/t9-,10+/m0/s1. The molecule has 1 aliphatic carbocycles. The Hall–Kier alpha value is -0.570. The average Bonchev–Trinajstić information content (AvgIpc) is 2.65. The maximum absolute atomic E-state index is 11.6. The van der Waals surface area contributed by atoms with Crippen LogP contribution >= 0.6 is 0 Å². The minimum atomic E-state index is 0.381. The second kappa shape index (κ2) is 4.30. The first kappa shape index (κ1) is 9.97. The van der Waals surface area contributed by atoms with Gasteiger partial charge in [0.2, 0.25) is 5.91 Å². The SMILES string of the molecule is CN[C@H]1CCC[C@@H](N2CCCC2=O)C1. The maximum atomic E-state index is 11.6. The number of carbonyl (C=O) groups is 1. The largest absolute Gasteiger partial charge is 0.340 e. The van der Waals surface area contributed by atoms with Crippen LogP contribution < -0.4 is 5.32 Å². The van der Waals surface area contributed by atoms with Crippen molar-refractivity contribution in [2.75, 3.05) is 13.6 Å². The number of carbonyl (C=O) groups excluding carboxylic acids is 1. The first-order valence-electron chi connectivity index (χ1n) is 5.78. The molecule has 1 aliphatic heterocycles. The van der Waals surface area contributed by atoms with E-state index in [1.807, 2.05) is 7.05 Å². The molecule has 80 valence electrons. The molecule has 1 saturated carbocycles. The molecule has 2 rings (SSSR count). The molecule has 3 nitrogen and oxygen atoms in total. The first-order valence-corrected chi connectivity index (χ1v) is 5.78. The van der Waals surface area contributed by atoms with Crippen LogP contribution in [0.1, 0.15) is 38.5 Å². The number of hydrogen-bond donors (Lipinski definition) is 1. The molecule has 14 heavy (non-hydrogen) atoms. The summed E-state index contributed by atoms with van der Waals surface area (Å²) >= 11 is 0. The molecule has 0 aromatic rings. The topological polar surface area (TPSA) is 32.3 Å². The molecule has 0 unspecified atom stereocenters. The van der Waals surface area contributed by atoms with Gasteiger partial charge < -0.3 is 10.2 Å². The second-order valence-corrected chi connectivity index (χ2v) is 4.50. The molecule has 1 saturated heterocycles. The van der Waals surface area contributed by atoms with E-state index in [1.165, 1.54) is 19.3 Å². The quantitative estimate of drug-likeness (QED) is 0.718. The molecule has 1 heterocycles. The highest BCUT2D eigenvalue weighted by Crippen LogP contribution is 2.26. The highest BCUT2D eigenvalue weighted by atomic mass is 16.2. The predicted octanol–water partition coefficient (Wildman–Crippen LogP) is 1.14. The van der Waals surface area contributed by atoms with Crippen LogP contribution in [0.4, 0.5) is 0 Å². The van der Waals surface area contributed by atoms with Crippen molar-refractivity contribution in [1.82, 2.24) is 10.2 Å². The zero-order valence-corrected chi connectivity index (χ0v) is 8.96. The molecule has 0 radical (unpaired) electrons. The molecule has 0 aromatic heterocycles. The highest BCUT2D eigenvalue weighted by molar-refractivity contribution is 5.78. The molecule has 2 aliphatic rings. The van der Waals surface area contributed by atoms with Gasteiger partial charge in [-0.3, -0.25) is 4.79 Å². The Bertz CT molecular complexity index is 217. The summed E-state index contributed by atoms with van der Waals surface area (Å²) in [5.74, 6) is 0.381. The van der Waals surface area contributed by atoms with E-state index < -0.39 is 0 Å². The summed E-state index contributed by atoms with van der Waals surface area (Å²) in [7, 11) is 2.03. The first-order chi connectivity index (χ1) is 6.81. The lowest BCUT2D eigenvalue weighted by Gasteiger charge is -2.35. The summed E-state index contributed by atoms with van der Waals surface area (Å²) in [6, 6.07) is 1.15. The van der Waals surface area contributed by atoms with E-state index in [1.54, 1.807) is 0 Å². The summed E-state index contributed by atoms with van der Waals surface area (Å²) in [5, 5.41) is 3.33. The third-order valence-corrected chi connectivity index (χ3v) is 3.61. The van der Waals surface area contributed by atoms with E-state index in [-0.39, 0.29) is 0 Å². The predicted molar refractivity (Wildman–Crippen MR) is 56.1 cm³/mol. The van der Waals surface area contributed by atoms with Gasteiger partial charge in [0.15, 0.2) is 0 Å². The molecule has 0 bridgehead atoms. The van der Waals surface area contributed by atoms with E-state index in [9.17, 15) is 4.79 Å². The van der Waals surface area contributed by atoms with Crippen molar-refractivity contribution in [2.24, 2.45) is 0 Å². The van der Waals surface area contributed by atoms with E-state index in [0.717, 1.165) is 25.8 Å². The van der Waals surface area contributed by atoms with Crippen molar-refractivity contribution in [3.8, 4) is 0 Å². The van der Waals surface area contributed by atoms with Gasteiger partial charge in [0.25, 0.3) is 0 Å². The van der Waals surface area contributed by atoms with Gasteiger partial charge in [0, 0.05) is 25.0 Å². The van der Waals surface area contributed by atoms with Crippen molar-refractivity contribution in [1.29, 1.82) is 0 Å². The molecule has 3 heteroatoms. The van der Waals surface area contributed by atoms with E-state index >= 15 is 0 Å². The van der Waals surface area contributed by atoms with Crippen molar-refractivity contribution < 1.29 is 4.79 Å². The molecule has 1 N–H and O–H groups in total. The van der Waals surface area contributed by atoms with Crippen LogP contribution in [-0.4, -0.2) is 36.5 Å². The second-order valence-electron chi connectivity index (χ2n) is 4.50. The van der Waals surface area contributed by atoms with Crippen LogP contribution in [0.15, 0.2) is 0 Å². The van der Waals surface area contributed by atoms with E-state index in [4.69, 9.17) is 0 Å². The lowest BCUT2D eigenvalue weighted by Crippen LogP contribution is -2.44. The van der Waals surface area contributed by atoms with Crippen LogP contribution in [0, 0.1) is 0 Å². The zero-order chi connectivity index (χ0) is 9.97. The van der Waals surface area contributed by atoms with Crippen LogP contribution in [-0.2, 0) is 4.79 Å². The van der Waals surface area contributed by atoms with Crippen molar-refractivity contribution in [3.05, 3.63) is 0 Å². The van der Waals surface area contributed by atoms with Crippen molar-refractivity contribution >= 4 is 5.91 Å². The summed E-state index contributed by atoms with van der Waals surface area (Å²) < 4.78 is 0. The smallest absolute Gasteiger partial charge is 0.222 e. The number of hydrogen-bond acceptors (Lipinski definition) is 2. The van der Waals surface area contributed by atoms with Gasteiger partial charge in [-0.05, 0) is 39.2 Å². The van der Waals surface area contributed by atoms with Crippen LogP contribution in [0.2, 0.25) is 0 Å². The fourth-order valence-electron chi connectivity index (χ4n) is 2.76. The number of nitrogens with one attached hydrogen (secondary N) is 1. The van der Waals surface area contributed by atoms with Crippen molar-refractivity contribution in [2.45, 2.75) is 50.6 Å². The fourth-order valence-corrected chi connectivity index (χ4v) is 2.76. The third-order valence-electron chi connectivity index (χ3n) is 3.61. The Kier molecular flexibility index (Phi) is 3.06. The Balaban J connectivity index is 1.93. The minimum absolute atomic E-state index is 0.381. The maximum Gasteiger partial charge on any atom is 0.222 e. The molecule has 1 amide bonds.